The quantitative estimate of drug-likeness (QED) is 0.658. The Morgan fingerprint density at radius 1 is 0.931 bits per heavy atom. The number of nitrogens with one attached hydrogen (secondary N) is 1. The molecule has 3 aromatic carbocycles. The number of sulfonamides is 1. The van der Waals surface area contributed by atoms with Crippen molar-refractivity contribution in [3.8, 4) is 0 Å². The van der Waals surface area contributed by atoms with Crippen LogP contribution in [0, 0.1) is 18.6 Å². The van der Waals surface area contributed by atoms with E-state index in [1.807, 2.05) is 0 Å². The molecule has 0 fully saturated rings. The van der Waals surface area contributed by atoms with Crippen LogP contribution in [-0.2, 0) is 14.8 Å². The molecule has 0 bridgehead atoms. The number of nitrogens with zero attached hydrogens (tertiary/aromatic N) is 1. The Morgan fingerprint density at radius 3 is 2.17 bits per heavy atom. The molecule has 0 aromatic heterocycles. The lowest BCUT2D eigenvalue weighted by atomic mass is 10.2. The number of aryl methyl sites for hydroxylation is 1. The molecular formula is C21H18F2N2O3S. The summed E-state index contributed by atoms with van der Waals surface area (Å²) >= 11 is 0. The van der Waals surface area contributed by atoms with E-state index in [9.17, 15) is 22.0 Å². The summed E-state index contributed by atoms with van der Waals surface area (Å²) < 4.78 is 54.9. The van der Waals surface area contributed by atoms with Crippen LogP contribution in [0.3, 0.4) is 0 Å². The average molecular weight is 416 g/mol. The molecule has 3 aromatic rings. The monoisotopic (exact) mass is 416 g/mol. The molecule has 0 saturated heterocycles. The first-order chi connectivity index (χ1) is 13.8. The average Bonchev–Trinajstić information content (AvgIpc) is 2.69. The molecule has 29 heavy (non-hydrogen) atoms. The summed E-state index contributed by atoms with van der Waals surface area (Å²) in [7, 11) is -4.09. The van der Waals surface area contributed by atoms with Crippen molar-refractivity contribution in [1.82, 2.24) is 0 Å². The Morgan fingerprint density at radius 2 is 1.55 bits per heavy atom. The number of anilines is 2. The Kier molecular flexibility index (Phi) is 5.93. The van der Waals surface area contributed by atoms with Crippen LogP contribution in [0.2, 0.25) is 0 Å². The van der Waals surface area contributed by atoms with Crippen LogP contribution < -0.4 is 9.62 Å². The van der Waals surface area contributed by atoms with Crippen LogP contribution in [0.15, 0.2) is 77.7 Å². The van der Waals surface area contributed by atoms with Crippen LogP contribution in [0.5, 0.6) is 0 Å². The number of carbonyl (C=O) groups is 1. The third kappa shape index (κ3) is 4.60. The SMILES string of the molecule is Cc1cccc(N(CC(=O)Nc2c(F)cccc2F)S(=O)(=O)c2ccccc2)c1. The van der Waals surface area contributed by atoms with Crippen molar-refractivity contribution in [2.75, 3.05) is 16.2 Å². The lowest BCUT2D eigenvalue weighted by molar-refractivity contribution is -0.114. The van der Waals surface area contributed by atoms with Gasteiger partial charge in [-0.1, -0.05) is 36.4 Å². The third-order valence-electron chi connectivity index (χ3n) is 4.14. The van der Waals surface area contributed by atoms with Crippen molar-refractivity contribution in [1.29, 1.82) is 0 Å². The summed E-state index contributed by atoms with van der Waals surface area (Å²) in [5.74, 6) is -2.78. The largest absolute Gasteiger partial charge is 0.320 e. The highest BCUT2D eigenvalue weighted by Crippen LogP contribution is 2.25. The van der Waals surface area contributed by atoms with Crippen molar-refractivity contribution >= 4 is 27.3 Å². The zero-order chi connectivity index (χ0) is 21.0. The maximum absolute atomic E-state index is 13.8. The van der Waals surface area contributed by atoms with Crippen molar-refractivity contribution in [3.05, 3.63) is 90.0 Å². The molecule has 1 amide bonds. The number of amides is 1. The number of para-hydroxylation sites is 1. The molecule has 0 radical (unpaired) electrons. The summed E-state index contributed by atoms with van der Waals surface area (Å²) in [6, 6.07) is 17.4. The van der Waals surface area contributed by atoms with Crippen molar-refractivity contribution in [3.63, 3.8) is 0 Å². The zero-order valence-corrected chi connectivity index (χ0v) is 16.3. The van der Waals surface area contributed by atoms with Gasteiger partial charge in [-0.25, -0.2) is 17.2 Å². The van der Waals surface area contributed by atoms with E-state index in [0.717, 1.165) is 22.0 Å². The van der Waals surface area contributed by atoms with E-state index >= 15 is 0 Å². The minimum atomic E-state index is -4.09. The lowest BCUT2D eigenvalue weighted by Gasteiger charge is -2.24. The number of hydrogen-bond donors (Lipinski definition) is 1. The summed E-state index contributed by atoms with van der Waals surface area (Å²) in [6.07, 6.45) is 0. The molecule has 8 heteroatoms. The molecule has 0 aliphatic heterocycles. The highest BCUT2D eigenvalue weighted by atomic mass is 32.2. The van der Waals surface area contributed by atoms with Gasteiger partial charge in [0.05, 0.1) is 10.6 Å². The topological polar surface area (TPSA) is 66.5 Å². The molecule has 0 atom stereocenters. The van der Waals surface area contributed by atoms with Crippen LogP contribution in [0.1, 0.15) is 5.56 Å². The second-order valence-electron chi connectivity index (χ2n) is 6.31. The summed E-state index contributed by atoms with van der Waals surface area (Å²) in [5.41, 5.74) is 0.424. The molecule has 0 aliphatic carbocycles. The molecule has 1 N–H and O–H groups in total. The summed E-state index contributed by atoms with van der Waals surface area (Å²) in [5, 5.41) is 2.12. The predicted molar refractivity (Wildman–Crippen MR) is 107 cm³/mol. The van der Waals surface area contributed by atoms with Gasteiger partial charge in [-0.2, -0.15) is 0 Å². The standard InChI is InChI=1S/C21H18F2N2O3S/c1-15-7-5-8-16(13-15)25(29(27,28)17-9-3-2-4-10-17)14-20(26)24-21-18(22)11-6-12-19(21)23/h2-13H,14H2,1H3,(H,24,26). The van der Waals surface area contributed by atoms with Crippen LogP contribution in [-0.4, -0.2) is 20.9 Å². The van der Waals surface area contributed by atoms with E-state index in [2.05, 4.69) is 5.32 Å². The van der Waals surface area contributed by atoms with E-state index in [0.29, 0.717) is 0 Å². The summed E-state index contributed by atoms with van der Waals surface area (Å²) in [4.78, 5) is 12.5. The van der Waals surface area contributed by atoms with Gasteiger partial charge in [0.15, 0.2) is 0 Å². The van der Waals surface area contributed by atoms with Gasteiger partial charge in [-0.3, -0.25) is 9.10 Å². The first-order valence-corrected chi connectivity index (χ1v) is 10.1. The van der Waals surface area contributed by atoms with Gasteiger partial charge in [0.1, 0.15) is 23.9 Å². The van der Waals surface area contributed by atoms with Gasteiger partial charge in [0, 0.05) is 0 Å². The fourth-order valence-electron chi connectivity index (χ4n) is 2.74. The second-order valence-corrected chi connectivity index (χ2v) is 8.17. The van der Waals surface area contributed by atoms with E-state index in [1.54, 1.807) is 49.4 Å². The van der Waals surface area contributed by atoms with Gasteiger partial charge >= 0.3 is 0 Å². The number of benzene rings is 3. The van der Waals surface area contributed by atoms with Crippen LogP contribution >= 0.6 is 0 Å². The number of rotatable bonds is 6. The van der Waals surface area contributed by atoms with Crippen LogP contribution in [0.4, 0.5) is 20.2 Å². The Balaban J connectivity index is 1.97. The number of carbonyl (C=O) groups excluding carboxylic acids is 1. The van der Waals surface area contributed by atoms with Crippen LogP contribution in [0.25, 0.3) is 0 Å². The fraction of sp³-hybridized carbons (Fsp3) is 0.0952. The van der Waals surface area contributed by atoms with Gasteiger partial charge < -0.3 is 5.32 Å². The van der Waals surface area contributed by atoms with Gasteiger partial charge in [0.25, 0.3) is 10.0 Å². The van der Waals surface area contributed by atoms with Crippen molar-refractivity contribution < 1.29 is 22.0 Å². The van der Waals surface area contributed by atoms with E-state index in [1.165, 1.54) is 18.2 Å². The van der Waals surface area contributed by atoms with Gasteiger partial charge in [0.2, 0.25) is 5.91 Å². The Hall–Kier alpha value is -3.26. The predicted octanol–water partition coefficient (Wildman–Crippen LogP) is 4.11. The molecule has 0 saturated carbocycles. The highest BCUT2D eigenvalue weighted by Gasteiger charge is 2.27. The normalized spacial score (nSPS) is 11.1. The molecule has 5 nitrogen and oxygen atoms in total. The summed E-state index contributed by atoms with van der Waals surface area (Å²) in [6.45, 7) is 1.13. The van der Waals surface area contributed by atoms with E-state index < -0.39 is 39.8 Å². The molecule has 0 heterocycles. The van der Waals surface area contributed by atoms with E-state index in [-0.39, 0.29) is 10.6 Å². The minimum absolute atomic E-state index is 0.00798. The molecule has 0 unspecified atom stereocenters. The third-order valence-corrected chi connectivity index (χ3v) is 5.92. The molecular weight excluding hydrogens is 398 g/mol. The second kappa shape index (κ2) is 8.40. The van der Waals surface area contributed by atoms with Gasteiger partial charge in [-0.15, -0.1) is 0 Å². The highest BCUT2D eigenvalue weighted by molar-refractivity contribution is 7.92. The number of halogens is 2. The van der Waals surface area contributed by atoms with Gasteiger partial charge in [-0.05, 0) is 48.9 Å². The van der Waals surface area contributed by atoms with E-state index in [4.69, 9.17) is 0 Å². The molecule has 150 valence electrons. The van der Waals surface area contributed by atoms with Crippen molar-refractivity contribution in [2.45, 2.75) is 11.8 Å². The molecule has 0 spiro atoms. The first-order valence-electron chi connectivity index (χ1n) is 8.67. The maximum Gasteiger partial charge on any atom is 0.264 e. The number of hydrogen-bond acceptors (Lipinski definition) is 3. The maximum atomic E-state index is 13.8. The smallest absolute Gasteiger partial charge is 0.264 e. The van der Waals surface area contributed by atoms with Crippen molar-refractivity contribution in [2.24, 2.45) is 0 Å². The minimum Gasteiger partial charge on any atom is -0.320 e. The Labute approximate surface area is 167 Å². The molecule has 0 aliphatic rings. The Bertz CT molecular complexity index is 1120. The molecule has 3 rings (SSSR count). The zero-order valence-electron chi connectivity index (χ0n) is 15.5. The fourth-order valence-corrected chi connectivity index (χ4v) is 4.18. The lowest BCUT2D eigenvalue weighted by Crippen LogP contribution is -2.38. The first kappa shape index (κ1) is 20.5.